The molecule has 122 valence electrons. The number of ether oxygens (including phenoxy) is 1. The van der Waals surface area contributed by atoms with Gasteiger partial charge in [0.2, 0.25) is 5.91 Å². The maximum Gasteiger partial charge on any atom is 0.412 e. The Morgan fingerprint density at radius 1 is 1.27 bits per heavy atom. The van der Waals surface area contributed by atoms with E-state index >= 15 is 0 Å². The van der Waals surface area contributed by atoms with Gasteiger partial charge in [0.25, 0.3) is 0 Å². The lowest BCUT2D eigenvalue weighted by atomic mass is 9.87. The smallest absolute Gasteiger partial charge is 0.410 e. The minimum absolute atomic E-state index is 0.00484. The summed E-state index contributed by atoms with van der Waals surface area (Å²) in [6, 6.07) is 6.82. The van der Waals surface area contributed by atoms with Crippen molar-refractivity contribution < 1.29 is 14.3 Å². The summed E-state index contributed by atoms with van der Waals surface area (Å²) in [5.74, 6) is 0.349. The summed E-state index contributed by atoms with van der Waals surface area (Å²) in [7, 11) is 0. The molecule has 0 unspecified atom stereocenters. The minimum Gasteiger partial charge on any atom is -0.410 e. The Hall–Kier alpha value is -2.04. The molecule has 0 atom stereocenters. The Balaban J connectivity index is 2.72. The molecular formula is C17H26N2O3. The molecule has 0 aliphatic rings. The first kappa shape index (κ1) is 18.0. The van der Waals surface area contributed by atoms with Crippen LogP contribution in [-0.4, -0.2) is 18.0 Å². The zero-order valence-electron chi connectivity index (χ0n) is 14.0. The zero-order chi connectivity index (χ0) is 16.8. The fourth-order valence-electron chi connectivity index (χ4n) is 2.05. The van der Waals surface area contributed by atoms with Crippen LogP contribution in [0.25, 0.3) is 0 Å². The van der Waals surface area contributed by atoms with Gasteiger partial charge in [0.1, 0.15) is 5.75 Å². The van der Waals surface area contributed by atoms with Crippen LogP contribution in [0.3, 0.4) is 0 Å². The second-order valence-electron chi connectivity index (χ2n) is 6.30. The van der Waals surface area contributed by atoms with Gasteiger partial charge >= 0.3 is 6.09 Å². The van der Waals surface area contributed by atoms with Crippen LogP contribution in [0.5, 0.6) is 5.75 Å². The van der Waals surface area contributed by atoms with Crippen LogP contribution in [0.2, 0.25) is 0 Å². The molecule has 0 aliphatic carbocycles. The van der Waals surface area contributed by atoms with E-state index in [9.17, 15) is 9.59 Å². The molecule has 2 N–H and O–H groups in total. The van der Waals surface area contributed by atoms with Crippen molar-refractivity contribution >= 4 is 17.7 Å². The number of anilines is 1. The van der Waals surface area contributed by atoms with Crippen molar-refractivity contribution in [3.63, 3.8) is 0 Å². The first-order valence-corrected chi connectivity index (χ1v) is 7.64. The van der Waals surface area contributed by atoms with E-state index in [-0.39, 0.29) is 11.9 Å². The predicted octanol–water partition coefficient (Wildman–Crippen LogP) is 3.95. The van der Waals surface area contributed by atoms with Crippen molar-refractivity contribution in [1.29, 1.82) is 0 Å². The predicted molar refractivity (Wildman–Crippen MR) is 88.1 cm³/mol. The molecule has 0 aromatic heterocycles. The van der Waals surface area contributed by atoms with Gasteiger partial charge in [0.15, 0.2) is 0 Å². The lowest BCUT2D eigenvalue weighted by molar-refractivity contribution is -0.124. The van der Waals surface area contributed by atoms with Gasteiger partial charge in [-0.25, -0.2) is 4.79 Å². The fourth-order valence-corrected chi connectivity index (χ4v) is 2.05. The van der Waals surface area contributed by atoms with Gasteiger partial charge in [-0.05, 0) is 32.4 Å². The molecule has 0 bridgehead atoms. The van der Waals surface area contributed by atoms with Gasteiger partial charge in [0.05, 0.1) is 0 Å². The lowest BCUT2D eigenvalue weighted by Crippen LogP contribution is -2.32. The summed E-state index contributed by atoms with van der Waals surface area (Å²) in [6.45, 7) is 9.60. The molecule has 0 spiro atoms. The van der Waals surface area contributed by atoms with E-state index in [0.717, 1.165) is 12.8 Å². The van der Waals surface area contributed by atoms with Crippen molar-refractivity contribution in [2.75, 3.05) is 5.32 Å². The molecule has 0 heterocycles. The molecule has 0 saturated heterocycles. The van der Waals surface area contributed by atoms with Gasteiger partial charge in [-0.15, -0.1) is 0 Å². The molecule has 5 heteroatoms. The summed E-state index contributed by atoms with van der Waals surface area (Å²) in [4.78, 5) is 23.9. The van der Waals surface area contributed by atoms with E-state index in [1.807, 2.05) is 27.7 Å². The molecular weight excluding hydrogens is 280 g/mol. The molecule has 0 saturated carbocycles. The fraction of sp³-hybridized carbons (Fsp3) is 0.529. The van der Waals surface area contributed by atoms with Crippen LogP contribution in [-0.2, 0) is 4.79 Å². The first-order valence-electron chi connectivity index (χ1n) is 7.64. The normalized spacial score (nSPS) is 11.2. The van der Waals surface area contributed by atoms with E-state index in [1.54, 1.807) is 24.3 Å². The zero-order valence-corrected chi connectivity index (χ0v) is 14.0. The number of hydrogen-bond acceptors (Lipinski definition) is 3. The molecule has 0 fully saturated rings. The molecule has 5 nitrogen and oxygen atoms in total. The lowest BCUT2D eigenvalue weighted by Gasteiger charge is -2.23. The molecule has 1 aromatic rings. The highest BCUT2D eigenvalue weighted by atomic mass is 16.6. The number of hydrogen-bond donors (Lipinski definition) is 2. The van der Waals surface area contributed by atoms with Crippen molar-refractivity contribution in [1.82, 2.24) is 5.32 Å². The van der Waals surface area contributed by atoms with Crippen LogP contribution in [0.4, 0.5) is 10.5 Å². The van der Waals surface area contributed by atoms with Crippen molar-refractivity contribution in [2.45, 2.75) is 53.5 Å². The summed E-state index contributed by atoms with van der Waals surface area (Å²) >= 11 is 0. The number of carbonyl (C=O) groups excluding carboxylic acids is 2. The minimum atomic E-state index is -0.509. The quantitative estimate of drug-likeness (QED) is 0.836. The molecule has 2 amide bonds. The maximum absolute atomic E-state index is 12.3. The number of rotatable bonds is 6. The highest BCUT2D eigenvalue weighted by molar-refractivity contribution is 5.95. The van der Waals surface area contributed by atoms with Crippen molar-refractivity contribution in [3.8, 4) is 5.75 Å². The molecule has 22 heavy (non-hydrogen) atoms. The third-order valence-corrected chi connectivity index (χ3v) is 3.20. The van der Waals surface area contributed by atoms with Crippen LogP contribution in [0.1, 0.15) is 47.5 Å². The van der Waals surface area contributed by atoms with Crippen LogP contribution in [0.15, 0.2) is 24.3 Å². The van der Waals surface area contributed by atoms with Gasteiger partial charge in [-0.3, -0.25) is 4.79 Å². The Morgan fingerprint density at radius 2 is 1.95 bits per heavy atom. The third kappa shape index (κ3) is 5.76. The van der Waals surface area contributed by atoms with Crippen LogP contribution >= 0.6 is 0 Å². The molecule has 1 rings (SSSR count). The summed E-state index contributed by atoms with van der Waals surface area (Å²) < 4.78 is 5.18. The summed E-state index contributed by atoms with van der Waals surface area (Å²) in [5, 5.41) is 5.51. The topological polar surface area (TPSA) is 67.4 Å². The Bertz CT molecular complexity index is 524. The highest BCUT2D eigenvalue weighted by Crippen LogP contribution is 2.25. The molecule has 0 radical (unpaired) electrons. The Kier molecular flexibility index (Phi) is 6.40. The van der Waals surface area contributed by atoms with Gasteiger partial charge in [-0.1, -0.05) is 33.3 Å². The average molecular weight is 306 g/mol. The van der Waals surface area contributed by atoms with Gasteiger partial charge in [0, 0.05) is 23.2 Å². The maximum atomic E-state index is 12.3. The van der Waals surface area contributed by atoms with Gasteiger partial charge < -0.3 is 15.4 Å². The SMILES string of the molecule is CCCC(C)(C)C(=O)Nc1cccc(OC(=O)NC(C)C)c1. The largest absolute Gasteiger partial charge is 0.412 e. The number of carbonyl (C=O) groups is 2. The van der Waals surface area contributed by atoms with E-state index in [2.05, 4.69) is 17.6 Å². The number of benzene rings is 1. The molecule has 1 aromatic carbocycles. The number of amides is 2. The Labute approximate surface area is 132 Å². The average Bonchev–Trinajstić information content (AvgIpc) is 2.37. The van der Waals surface area contributed by atoms with Gasteiger partial charge in [-0.2, -0.15) is 0 Å². The number of nitrogens with one attached hydrogen (secondary N) is 2. The van der Waals surface area contributed by atoms with E-state index < -0.39 is 11.5 Å². The van der Waals surface area contributed by atoms with Crippen LogP contribution < -0.4 is 15.4 Å². The third-order valence-electron chi connectivity index (χ3n) is 3.20. The monoisotopic (exact) mass is 306 g/mol. The second-order valence-corrected chi connectivity index (χ2v) is 6.30. The second kappa shape index (κ2) is 7.82. The van der Waals surface area contributed by atoms with E-state index in [1.165, 1.54) is 0 Å². The van der Waals surface area contributed by atoms with E-state index in [4.69, 9.17) is 4.74 Å². The molecule has 0 aliphatic heterocycles. The summed E-state index contributed by atoms with van der Waals surface area (Å²) in [5.41, 5.74) is 0.185. The highest BCUT2D eigenvalue weighted by Gasteiger charge is 2.26. The Morgan fingerprint density at radius 3 is 2.55 bits per heavy atom. The van der Waals surface area contributed by atoms with E-state index in [0.29, 0.717) is 11.4 Å². The summed E-state index contributed by atoms with van der Waals surface area (Å²) in [6.07, 6.45) is 1.25. The standard InChI is InChI=1S/C17H26N2O3/c1-6-10-17(4,5)15(20)19-13-8-7-9-14(11-13)22-16(21)18-12(2)3/h7-9,11-12H,6,10H2,1-5H3,(H,18,21)(H,19,20). The van der Waals surface area contributed by atoms with Crippen molar-refractivity contribution in [2.24, 2.45) is 5.41 Å². The first-order chi connectivity index (χ1) is 10.2. The van der Waals surface area contributed by atoms with Crippen molar-refractivity contribution in [3.05, 3.63) is 24.3 Å². The van der Waals surface area contributed by atoms with Crippen LogP contribution in [0, 0.1) is 5.41 Å².